The van der Waals surface area contributed by atoms with E-state index in [4.69, 9.17) is 4.74 Å². The molecule has 10 heteroatoms. The lowest BCUT2D eigenvalue weighted by atomic mass is 10.1. The number of nitrogens with one attached hydrogen (secondary N) is 1. The quantitative estimate of drug-likeness (QED) is 0.811. The molecule has 0 unspecified atom stereocenters. The van der Waals surface area contributed by atoms with Crippen LogP contribution >= 0.6 is 11.8 Å². The van der Waals surface area contributed by atoms with E-state index in [1.807, 2.05) is 6.92 Å². The first-order valence-electron chi connectivity index (χ1n) is 8.20. The van der Waals surface area contributed by atoms with Crippen molar-refractivity contribution in [3.05, 3.63) is 23.8 Å². The van der Waals surface area contributed by atoms with Crippen LogP contribution in [-0.4, -0.2) is 40.4 Å². The van der Waals surface area contributed by atoms with Gasteiger partial charge in [0.05, 0.1) is 12.3 Å². The van der Waals surface area contributed by atoms with E-state index < -0.39 is 22.6 Å². The number of hydrogen-bond acceptors (Lipinski definition) is 7. The highest BCUT2D eigenvalue weighted by molar-refractivity contribution is 8.15. The smallest absolute Gasteiger partial charge is 0.277 e. The number of ether oxygens (including phenoxy) is 1. The lowest BCUT2D eigenvalue weighted by molar-refractivity contribution is -0.140. The minimum absolute atomic E-state index is 0.101. The molecular formula is C17H18N4O5S. The second-order valence-electron chi connectivity index (χ2n) is 5.93. The topological polar surface area (TPSA) is 108 Å². The van der Waals surface area contributed by atoms with Gasteiger partial charge in [0.25, 0.3) is 5.91 Å². The lowest BCUT2D eigenvalue weighted by Gasteiger charge is -2.29. The summed E-state index contributed by atoms with van der Waals surface area (Å²) in [6, 6.07) is 4.87. The molecule has 1 spiro atoms. The molecule has 0 saturated carbocycles. The molecule has 0 aliphatic carbocycles. The summed E-state index contributed by atoms with van der Waals surface area (Å²) in [6.07, 6.45) is 0. The highest BCUT2D eigenvalue weighted by Crippen LogP contribution is 2.55. The van der Waals surface area contributed by atoms with Gasteiger partial charge in [-0.25, -0.2) is 4.90 Å². The number of nitrogens with zero attached hydrogens (tertiary/aromatic N) is 3. The summed E-state index contributed by atoms with van der Waals surface area (Å²) in [7, 11) is 0. The van der Waals surface area contributed by atoms with Crippen molar-refractivity contribution in [1.29, 1.82) is 0 Å². The summed E-state index contributed by atoms with van der Waals surface area (Å²) in [5.74, 6) is -1.51. The van der Waals surface area contributed by atoms with E-state index in [1.54, 1.807) is 18.2 Å². The zero-order chi connectivity index (χ0) is 19.9. The molecule has 0 saturated heterocycles. The van der Waals surface area contributed by atoms with Crippen LogP contribution in [-0.2, 0) is 24.0 Å². The standard InChI is InChI=1S/C17H18N4O5S/c1-5-26-12-6-7-14-13(8-12)17(15(25)20(14)10(3)23)21(11(4)24)19-16(27-17)18-9(2)22/h6-8H,5H2,1-4H3,(H,18,19,22)/t17-/m0/s1. The molecule has 0 radical (unpaired) electrons. The minimum atomic E-state index is -1.61. The number of amides is 4. The van der Waals surface area contributed by atoms with E-state index in [1.165, 1.54) is 20.8 Å². The first-order chi connectivity index (χ1) is 12.7. The number of thioether (sulfide) groups is 1. The number of imide groups is 1. The molecule has 0 fully saturated rings. The van der Waals surface area contributed by atoms with Gasteiger partial charge in [-0.2, -0.15) is 5.01 Å². The summed E-state index contributed by atoms with van der Waals surface area (Å²) in [4.78, 5) is 48.6. The molecule has 1 atom stereocenters. The van der Waals surface area contributed by atoms with E-state index in [9.17, 15) is 19.2 Å². The number of hydrogen-bond donors (Lipinski definition) is 1. The van der Waals surface area contributed by atoms with Gasteiger partial charge in [-0.15, -0.1) is 5.10 Å². The summed E-state index contributed by atoms with van der Waals surface area (Å²) < 4.78 is 5.52. The Morgan fingerprint density at radius 3 is 2.48 bits per heavy atom. The zero-order valence-electron chi connectivity index (χ0n) is 15.2. The molecule has 1 N–H and O–H groups in total. The van der Waals surface area contributed by atoms with Crippen molar-refractivity contribution in [2.45, 2.75) is 32.6 Å². The Hall–Kier alpha value is -2.88. The fraction of sp³-hybridized carbons (Fsp3) is 0.353. The second kappa shape index (κ2) is 6.69. The van der Waals surface area contributed by atoms with Crippen LogP contribution in [0.15, 0.2) is 23.3 Å². The predicted octanol–water partition coefficient (Wildman–Crippen LogP) is 1.13. The van der Waals surface area contributed by atoms with Crippen LogP contribution in [0.2, 0.25) is 0 Å². The number of benzene rings is 1. The Balaban J connectivity index is 2.21. The van der Waals surface area contributed by atoms with Gasteiger partial charge in [0, 0.05) is 26.3 Å². The third-order valence-electron chi connectivity index (χ3n) is 4.01. The summed E-state index contributed by atoms with van der Waals surface area (Å²) in [6.45, 7) is 6.06. The molecule has 142 valence electrons. The Bertz CT molecular complexity index is 899. The van der Waals surface area contributed by atoms with E-state index in [-0.39, 0.29) is 11.1 Å². The predicted molar refractivity (Wildman–Crippen MR) is 98.8 cm³/mol. The van der Waals surface area contributed by atoms with Gasteiger partial charge in [0.2, 0.25) is 22.6 Å². The van der Waals surface area contributed by atoms with E-state index in [2.05, 4.69) is 10.4 Å². The van der Waals surface area contributed by atoms with Crippen molar-refractivity contribution in [1.82, 2.24) is 10.3 Å². The van der Waals surface area contributed by atoms with Gasteiger partial charge >= 0.3 is 0 Å². The van der Waals surface area contributed by atoms with Crippen molar-refractivity contribution in [3.63, 3.8) is 0 Å². The molecule has 9 nitrogen and oxygen atoms in total. The number of anilines is 1. The summed E-state index contributed by atoms with van der Waals surface area (Å²) >= 11 is 0.908. The van der Waals surface area contributed by atoms with Gasteiger partial charge < -0.3 is 10.1 Å². The molecule has 2 aliphatic heterocycles. The van der Waals surface area contributed by atoms with Crippen molar-refractivity contribution >= 4 is 46.2 Å². The number of fused-ring (bicyclic) bond motifs is 2. The van der Waals surface area contributed by atoms with Crippen LogP contribution in [0.5, 0.6) is 5.75 Å². The molecule has 1 aromatic rings. The van der Waals surface area contributed by atoms with Crippen molar-refractivity contribution < 1.29 is 23.9 Å². The number of rotatable bonds is 2. The first-order valence-corrected chi connectivity index (χ1v) is 9.02. The fourth-order valence-electron chi connectivity index (χ4n) is 3.09. The zero-order valence-corrected chi connectivity index (χ0v) is 16.0. The SMILES string of the molecule is CCOc1ccc2c(c1)[C@]1(SC(NC(C)=O)=NN1C(C)=O)C(=O)N2C(C)=O. The number of amidine groups is 1. The van der Waals surface area contributed by atoms with E-state index in [0.717, 1.165) is 21.7 Å². The fourth-order valence-corrected chi connectivity index (χ4v) is 4.39. The molecule has 1 aromatic carbocycles. The van der Waals surface area contributed by atoms with Crippen molar-refractivity contribution in [2.24, 2.45) is 5.10 Å². The van der Waals surface area contributed by atoms with Crippen LogP contribution < -0.4 is 15.0 Å². The number of hydrazone groups is 1. The lowest BCUT2D eigenvalue weighted by Crippen LogP contribution is -2.49. The third-order valence-corrected chi connectivity index (χ3v) is 5.25. The normalized spacial score (nSPS) is 20.6. The molecule has 0 bridgehead atoms. The van der Waals surface area contributed by atoms with Crippen LogP contribution in [0.4, 0.5) is 5.69 Å². The van der Waals surface area contributed by atoms with Crippen molar-refractivity contribution in [2.75, 3.05) is 11.5 Å². The van der Waals surface area contributed by atoms with Gasteiger partial charge in [-0.05, 0) is 36.9 Å². The molecule has 0 aromatic heterocycles. The van der Waals surface area contributed by atoms with Gasteiger partial charge in [0.15, 0.2) is 5.17 Å². The number of carbonyl (C=O) groups is 4. The van der Waals surface area contributed by atoms with Crippen molar-refractivity contribution in [3.8, 4) is 5.75 Å². The molecule has 3 rings (SSSR count). The van der Waals surface area contributed by atoms with E-state index >= 15 is 0 Å². The van der Waals surface area contributed by atoms with Gasteiger partial charge in [0.1, 0.15) is 5.75 Å². The monoisotopic (exact) mass is 390 g/mol. The highest BCUT2D eigenvalue weighted by atomic mass is 32.2. The Morgan fingerprint density at radius 1 is 1.22 bits per heavy atom. The molecule has 4 amide bonds. The number of carbonyl (C=O) groups excluding carboxylic acids is 4. The summed E-state index contributed by atoms with van der Waals surface area (Å²) in [5, 5.41) is 7.72. The van der Waals surface area contributed by atoms with Gasteiger partial charge in [-0.3, -0.25) is 19.2 Å². The van der Waals surface area contributed by atoms with E-state index in [0.29, 0.717) is 23.6 Å². The Kier molecular flexibility index (Phi) is 4.68. The minimum Gasteiger partial charge on any atom is -0.494 e. The molecule has 2 heterocycles. The Labute approximate surface area is 159 Å². The van der Waals surface area contributed by atoms with Gasteiger partial charge in [-0.1, -0.05) is 0 Å². The first kappa shape index (κ1) is 18.9. The average molecular weight is 390 g/mol. The Morgan fingerprint density at radius 2 is 1.93 bits per heavy atom. The largest absolute Gasteiger partial charge is 0.494 e. The average Bonchev–Trinajstić information content (AvgIpc) is 3.06. The molecule has 2 aliphatic rings. The maximum absolute atomic E-state index is 13.3. The molecular weight excluding hydrogens is 372 g/mol. The van der Waals surface area contributed by atoms with Crippen LogP contribution in [0.25, 0.3) is 0 Å². The second-order valence-corrected chi connectivity index (χ2v) is 7.12. The third kappa shape index (κ3) is 2.85. The van der Waals surface area contributed by atoms with Crippen LogP contribution in [0, 0.1) is 0 Å². The maximum atomic E-state index is 13.3. The maximum Gasteiger partial charge on any atom is 0.277 e. The highest BCUT2D eigenvalue weighted by Gasteiger charge is 2.62. The molecule has 27 heavy (non-hydrogen) atoms. The summed E-state index contributed by atoms with van der Waals surface area (Å²) in [5.41, 5.74) is 0.756. The van der Waals surface area contributed by atoms with Crippen LogP contribution in [0.1, 0.15) is 33.3 Å². The van der Waals surface area contributed by atoms with Crippen LogP contribution in [0.3, 0.4) is 0 Å².